The number of benzene rings is 1. The number of nitrogens with zero attached hydrogens (tertiary/aromatic N) is 4. The van der Waals surface area contributed by atoms with Crippen molar-refractivity contribution < 1.29 is 9.18 Å². The number of fused-ring (bicyclic) bond motifs is 1. The van der Waals surface area contributed by atoms with E-state index in [0.717, 1.165) is 30.7 Å². The van der Waals surface area contributed by atoms with Crippen LogP contribution >= 0.6 is 0 Å². The lowest BCUT2D eigenvalue weighted by Crippen LogP contribution is -2.13. The van der Waals surface area contributed by atoms with Crippen molar-refractivity contribution in [2.45, 2.75) is 39.0 Å². The molecule has 30 heavy (non-hydrogen) atoms. The molecule has 1 saturated carbocycles. The van der Waals surface area contributed by atoms with Crippen LogP contribution in [-0.4, -0.2) is 30.7 Å². The van der Waals surface area contributed by atoms with E-state index in [1.54, 1.807) is 23.7 Å². The number of pyridine rings is 1. The number of halogens is 1. The standard InChI is InChI=1S/C22H21FN6O/c1-3-13-4-7-19-16(10-24-29(19)11-13)22(30)25-18-9-15(17(23)8-12(18)2)21-26-20(27-28-21)14-5-6-14/h4,7-11,14H,3,5-6H2,1-2H3,(H,25,30)(H,26,27,28). The summed E-state index contributed by atoms with van der Waals surface area (Å²) in [7, 11) is 0. The Morgan fingerprint density at radius 2 is 2.13 bits per heavy atom. The van der Waals surface area contributed by atoms with Gasteiger partial charge in [0.25, 0.3) is 5.91 Å². The lowest BCUT2D eigenvalue weighted by molar-refractivity contribution is 0.102. The van der Waals surface area contributed by atoms with Crippen molar-refractivity contribution in [3.05, 3.63) is 65.0 Å². The number of aromatic amines is 1. The number of hydrogen-bond donors (Lipinski definition) is 2. The Labute approximate surface area is 172 Å². The van der Waals surface area contributed by atoms with Crippen molar-refractivity contribution >= 4 is 17.1 Å². The number of aryl methyl sites for hydroxylation is 2. The van der Waals surface area contributed by atoms with Gasteiger partial charge in [-0.05, 0) is 55.5 Å². The van der Waals surface area contributed by atoms with Gasteiger partial charge < -0.3 is 10.3 Å². The molecule has 2 N–H and O–H groups in total. The van der Waals surface area contributed by atoms with Crippen molar-refractivity contribution in [2.75, 3.05) is 5.32 Å². The summed E-state index contributed by atoms with van der Waals surface area (Å²) in [5, 5.41) is 15.4. The van der Waals surface area contributed by atoms with Crippen LogP contribution in [0.15, 0.2) is 36.7 Å². The van der Waals surface area contributed by atoms with Crippen LogP contribution in [0, 0.1) is 12.7 Å². The molecule has 0 bridgehead atoms. The quantitative estimate of drug-likeness (QED) is 0.520. The van der Waals surface area contributed by atoms with Gasteiger partial charge in [-0.25, -0.2) is 8.91 Å². The van der Waals surface area contributed by atoms with Crippen molar-refractivity contribution in [1.29, 1.82) is 0 Å². The van der Waals surface area contributed by atoms with Crippen LogP contribution in [0.25, 0.3) is 16.9 Å². The topological polar surface area (TPSA) is 88.0 Å². The number of carbonyl (C=O) groups excluding carboxylic acids is 1. The molecule has 0 radical (unpaired) electrons. The molecule has 7 nitrogen and oxygen atoms in total. The Morgan fingerprint density at radius 3 is 2.90 bits per heavy atom. The van der Waals surface area contributed by atoms with E-state index in [2.05, 4.69) is 32.5 Å². The third-order valence-corrected chi connectivity index (χ3v) is 5.52. The summed E-state index contributed by atoms with van der Waals surface area (Å²) in [6.07, 6.45) is 6.49. The van der Waals surface area contributed by atoms with E-state index in [9.17, 15) is 9.18 Å². The zero-order valence-corrected chi connectivity index (χ0v) is 16.7. The Hall–Kier alpha value is -3.55. The van der Waals surface area contributed by atoms with Crippen molar-refractivity contribution in [3.8, 4) is 11.4 Å². The fraction of sp³-hybridized carbons (Fsp3) is 0.273. The van der Waals surface area contributed by atoms with Gasteiger partial charge in [0.15, 0.2) is 5.82 Å². The van der Waals surface area contributed by atoms with Crippen molar-refractivity contribution in [1.82, 2.24) is 24.8 Å². The smallest absolute Gasteiger partial charge is 0.259 e. The molecule has 4 aromatic rings. The number of anilines is 1. The van der Waals surface area contributed by atoms with E-state index >= 15 is 0 Å². The minimum atomic E-state index is -0.410. The molecule has 1 amide bonds. The molecule has 0 unspecified atom stereocenters. The molecule has 8 heteroatoms. The maximum atomic E-state index is 14.6. The molecule has 1 aliphatic rings. The third kappa shape index (κ3) is 3.24. The molecule has 0 atom stereocenters. The second-order valence-corrected chi connectivity index (χ2v) is 7.71. The Kier molecular flexibility index (Phi) is 4.34. The SMILES string of the molecule is CCc1ccc2c(C(=O)Nc3cc(-c4nnc(C5CC5)[nH]4)c(F)cc3C)cnn2c1. The van der Waals surface area contributed by atoms with Gasteiger partial charge in [0.1, 0.15) is 11.6 Å². The second-order valence-electron chi connectivity index (χ2n) is 7.71. The molecule has 152 valence electrons. The zero-order chi connectivity index (χ0) is 20.8. The average molecular weight is 404 g/mol. The van der Waals surface area contributed by atoms with Gasteiger partial charge in [-0.2, -0.15) is 5.10 Å². The molecule has 5 rings (SSSR count). The molecule has 0 saturated heterocycles. The fourth-order valence-electron chi connectivity index (χ4n) is 3.53. The average Bonchev–Trinajstić information content (AvgIpc) is 3.32. The first-order valence-corrected chi connectivity index (χ1v) is 10.0. The molecule has 0 aliphatic heterocycles. The van der Waals surface area contributed by atoms with E-state index < -0.39 is 5.82 Å². The van der Waals surface area contributed by atoms with E-state index in [4.69, 9.17) is 0 Å². The highest BCUT2D eigenvalue weighted by Gasteiger charge is 2.28. The molecular formula is C22H21FN6O. The predicted octanol–water partition coefficient (Wildman–Crippen LogP) is 4.26. The molecule has 1 aliphatic carbocycles. The predicted molar refractivity (Wildman–Crippen MR) is 111 cm³/mol. The van der Waals surface area contributed by atoms with Crippen LogP contribution in [0.1, 0.15) is 53.0 Å². The van der Waals surface area contributed by atoms with E-state index in [0.29, 0.717) is 34.1 Å². The van der Waals surface area contributed by atoms with Crippen LogP contribution in [0.5, 0.6) is 0 Å². The second kappa shape index (κ2) is 7.05. The van der Waals surface area contributed by atoms with E-state index in [-0.39, 0.29) is 11.5 Å². The highest BCUT2D eigenvalue weighted by Crippen LogP contribution is 2.38. The highest BCUT2D eigenvalue weighted by atomic mass is 19.1. The van der Waals surface area contributed by atoms with Crippen LogP contribution in [-0.2, 0) is 6.42 Å². The monoisotopic (exact) mass is 404 g/mol. The molecule has 1 aromatic carbocycles. The number of nitrogens with one attached hydrogen (secondary N) is 2. The van der Waals surface area contributed by atoms with Gasteiger partial charge in [-0.15, -0.1) is 10.2 Å². The largest absolute Gasteiger partial charge is 0.325 e. The summed E-state index contributed by atoms with van der Waals surface area (Å²) >= 11 is 0. The summed E-state index contributed by atoms with van der Waals surface area (Å²) in [6, 6.07) is 6.86. The first-order valence-electron chi connectivity index (χ1n) is 10.0. The van der Waals surface area contributed by atoms with E-state index in [1.807, 2.05) is 18.3 Å². The summed E-state index contributed by atoms with van der Waals surface area (Å²) in [5.41, 5.74) is 3.73. The Bertz CT molecular complexity index is 1270. The summed E-state index contributed by atoms with van der Waals surface area (Å²) in [4.78, 5) is 16.0. The summed E-state index contributed by atoms with van der Waals surface area (Å²) in [5.74, 6) is 0.835. The third-order valence-electron chi connectivity index (χ3n) is 5.52. The fourth-order valence-corrected chi connectivity index (χ4v) is 3.53. The maximum absolute atomic E-state index is 14.6. The van der Waals surface area contributed by atoms with Crippen LogP contribution in [0.4, 0.5) is 10.1 Å². The Morgan fingerprint density at radius 1 is 1.30 bits per heavy atom. The van der Waals surface area contributed by atoms with Gasteiger partial charge in [0.05, 0.1) is 22.8 Å². The normalized spacial score (nSPS) is 13.7. The molecule has 3 aromatic heterocycles. The number of hydrogen-bond acceptors (Lipinski definition) is 4. The van der Waals surface area contributed by atoms with Gasteiger partial charge in [0.2, 0.25) is 0 Å². The zero-order valence-electron chi connectivity index (χ0n) is 16.7. The van der Waals surface area contributed by atoms with Crippen LogP contribution < -0.4 is 5.32 Å². The van der Waals surface area contributed by atoms with Crippen molar-refractivity contribution in [3.63, 3.8) is 0 Å². The first-order chi connectivity index (χ1) is 14.5. The van der Waals surface area contributed by atoms with Gasteiger partial charge in [0, 0.05) is 17.8 Å². The molecular weight excluding hydrogens is 383 g/mol. The minimum Gasteiger partial charge on any atom is -0.325 e. The van der Waals surface area contributed by atoms with Gasteiger partial charge in [-0.3, -0.25) is 4.79 Å². The van der Waals surface area contributed by atoms with Crippen molar-refractivity contribution in [2.24, 2.45) is 0 Å². The van der Waals surface area contributed by atoms with E-state index in [1.165, 1.54) is 6.07 Å². The molecule has 0 spiro atoms. The summed E-state index contributed by atoms with van der Waals surface area (Å²) in [6.45, 7) is 3.82. The van der Waals surface area contributed by atoms with Gasteiger partial charge in [-0.1, -0.05) is 13.0 Å². The Balaban J connectivity index is 1.46. The lowest BCUT2D eigenvalue weighted by Gasteiger charge is -2.10. The molecule has 3 heterocycles. The maximum Gasteiger partial charge on any atom is 0.259 e. The lowest BCUT2D eigenvalue weighted by atomic mass is 10.1. The number of rotatable bonds is 5. The summed E-state index contributed by atoms with van der Waals surface area (Å²) < 4.78 is 16.3. The number of carbonyl (C=O) groups is 1. The highest BCUT2D eigenvalue weighted by molar-refractivity contribution is 6.09. The first kappa shape index (κ1) is 18.5. The van der Waals surface area contributed by atoms with Crippen LogP contribution in [0.3, 0.4) is 0 Å². The minimum absolute atomic E-state index is 0.280. The number of H-pyrrole nitrogens is 1. The number of amides is 1. The van der Waals surface area contributed by atoms with Gasteiger partial charge >= 0.3 is 0 Å². The number of aromatic nitrogens is 5. The van der Waals surface area contributed by atoms with Crippen LogP contribution in [0.2, 0.25) is 0 Å². The molecule has 1 fully saturated rings.